The van der Waals surface area contributed by atoms with Crippen molar-refractivity contribution in [3.8, 4) is 5.75 Å². The van der Waals surface area contributed by atoms with Crippen LogP contribution in [-0.2, 0) is 17.6 Å². The van der Waals surface area contributed by atoms with Crippen molar-refractivity contribution < 1.29 is 14.3 Å². The van der Waals surface area contributed by atoms with Gasteiger partial charge in [0.25, 0.3) is 0 Å². The predicted molar refractivity (Wildman–Crippen MR) is 102 cm³/mol. The Bertz CT molecular complexity index is 802. The maximum absolute atomic E-state index is 12.1. The second-order valence-corrected chi connectivity index (χ2v) is 6.28. The van der Waals surface area contributed by atoms with Gasteiger partial charge >= 0.3 is 6.03 Å². The minimum atomic E-state index is -0.237. The molecule has 2 aromatic carbocycles. The van der Waals surface area contributed by atoms with E-state index in [1.165, 1.54) is 0 Å². The highest BCUT2D eigenvalue weighted by molar-refractivity contribution is 5.97. The number of rotatable bonds is 5. The number of amides is 3. The standard InChI is InChI=1S/C20H23N3O3/c1-23-18-9-6-16(13-15(18)5-10-19(23)24)22-20(25)21-12-11-14-3-7-17(26-2)8-4-14/h3-4,6-9,13H,5,10-12H2,1-2H3,(H2,21,22,25). The van der Waals surface area contributed by atoms with Gasteiger partial charge in [0.15, 0.2) is 0 Å². The maximum Gasteiger partial charge on any atom is 0.319 e. The lowest BCUT2D eigenvalue weighted by Gasteiger charge is -2.26. The number of aryl methyl sites for hydroxylation is 1. The van der Waals surface area contributed by atoms with Crippen LogP contribution in [-0.4, -0.2) is 32.6 Å². The van der Waals surface area contributed by atoms with Crippen molar-refractivity contribution >= 4 is 23.3 Å². The number of benzene rings is 2. The summed E-state index contributed by atoms with van der Waals surface area (Å²) in [5.41, 5.74) is 3.84. The van der Waals surface area contributed by atoms with E-state index in [-0.39, 0.29) is 11.9 Å². The molecule has 0 unspecified atom stereocenters. The van der Waals surface area contributed by atoms with Crippen LogP contribution in [0, 0.1) is 0 Å². The summed E-state index contributed by atoms with van der Waals surface area (Å²) in [4.78, 5) is 25.5. The molecule has 3 rings (SSSR count). The van der Waals surface area contributed by atoms with Crippen molar-refractivity contribution in [2.75, 3.05) is 30.9 Å². The fourth-order valence-electron chi connectivity index (χ4n) is 3.02. The largest absolute Gasteiger partial charge is 0.497 e. The molecule has 0 bridgehead atoms. The van der Waals surface area contributed by atoms with Crippen molar-refractivity contribution in [3.63, 3.8) is 0 Å². The number of methoxy groups -OCH3 is 1. The zero-order chi connectivity index (χ0) is 18.5. The first-order valence-corrected chi connectivity index (χ1v) is 8.64. The van der Waals surface area contributed by atoms with Crippen LogP contribution in [0.25, 0.3) is 0 Å². The first-order chi connectivity index (χ1) is 12.6. The number of carbonyl (C=O) groups excluding carboxylic acids is 2. The van der Waals surface area contributed by atoms with E-state index < -0.39 is 0 Å². The van der Waals surface area contributed by atoms with Gasteiger partial charge < -0.3 is 20.3 Å². The SMILES string of the molecule is COc1ccc(CCNC(=O)Nc2ccc3c(c2)CCC(=O)N3C)cc1. The molecule has 0 atom stereocenters. The number of nitrogens with zero attached hydrogens (tertiary/aromatic N) is 1. The van der Waals surface area contributed by atoms with E-state index in [1.807, 2.05) is 42.5 Å². The van der Waals surface area contributed by atoms with Gasteiger partial charge in [0.2, 0.25) is 5.91 Å². The summed E-state index contributed by atoms with van der Waals surface area (Å²) in [6.07, 6.45) is 1.95. The van der Waals surface area contributed by atoms with E-state index in [4.69, 9.17) is 4.74 Å². The van der Waals surface area contributed by atoms with Crippen molar-refractivity contribution in [2.24, 2.45) is 0 Å². The molecule has 1 heterocycles. The van der Waals surface area contributed by atoms with Crippen molar-refractivity contribution in [2.45, 2.75) is 19.3 Å². The predicted octanol–water partition coefficient (Wildman–Crippen LogP) is 2.97. The van der Waals surface area contributed by atoms with E-state index in [1.54, 1.807) is 19.1 Å². The summed E-state index contributed by atoms with van der Waals surface area (Å²) in [6.45, 7) is 0.542. The Balaban J connectivity index is 1.51. The lowest BCUT2D eigenvalue weighted by Crippen LogP contribution is -2.32. The summed E-state index contributed by atoms with van der Waals surface area (Å²) in [6, 6.07) is 13.2. The molecule has 0 spiro atoms. The molecule has 1 aliphatic heterocycles. The van der Waals surface area contributed by atoms with Gasteiger partial charge in [0, 0.05) is 31.4 Å². The molecule has 0 aliphatic carbocycles. The second kappa shape index (κ2) is 7.91. The molecule has 1 aliphatic rings. The number of ether oxygens (including phenoxy) is 1. The Morgan fingerprint density at radius 1 is 1.15 bits per heavy atom. The van der Waals surface area contributed by atoms with E-state index in [9.17, 15) is 9.59 Å². The molecule has 26 heavy (non-hydrogen) atoms. The molecule has 6 nitrogen and oxygen atoms in total. The average Bonchev–Trinajstić information content (AvgIpc) is 2.65. The first-order valence-electron chi connectivity index (χ1n) is 8.64. The molecule has 0 saturated carbocycles. The molecule has 2 aromatic rings. The Hall–Kier alpha value is -3.02. The summed E-state index contributed by atoms with van der Waals surface area (Å²) < 4.78 is 5.13. The van der Waals surface area contributed by atoms with Gasteiger partial charge in [-0.2, -0.15) is 0 Å². The smallest absolute Gasteiger partial charge is 0.319 e. The fourth-order valence-corrected chi connectivity index (χ4v) is 3.02. The first kappa shape index (κ1) is 17.8. The van der Waals surface area contributed by atoms with Gasteiger partial charge in [0.05, 0.1) is 7.11 Å². The number of carbonyl (C=O) groups is 2. The fraction of sp³-hybridized carbons (Fsp3) is 0.300. The molecule has 3 amide bonds. The van der Waals surface area contributed by atoms with Crippen LogP contribution >= 0.6 is 0 Å². The Morgan fingerprint density at radius 2 is 1.92 bits per heavy atom. The molecule has 0 fully saturated rings. The minimum absolute atomic E-state index is 0.120. The highest BCUT2D eigenvalue weighted by atomic mass is 16.5. The Morgan fingerprint density at radius 3 is 2.65 bits per heavy atom. The van der Waals surface area contributed by atoms with Crippen molar-refractivity contribution in [3.05, 3.63) is 53.6 Å². The third kappa shape index (κ3) is 4.14. The van der Waals surface area contributed by atoms with E-state index in [0.717, 1.165) is 34.7 Å². The number of urea groups is 1. The van der Waals surface area contributed by atoms with Crippen LogP contribution in [0.4, 0.5) is 16.2 Å². The average molecular weight is 353 g/mol. The van der Waals surface area contributed by atoms with Gasteiger partial charge in [-0.15, -0.1) is 0 Å². The third-order valence-electron chi connectivity index (χ3n) is 4.54. The molecule has 0 aromatic heterocycles. The highest BCUT2D eigenvalue weighted by Gasteiger charge is 2.20. The molecular formula is C20H23N3O3. The number of fused-ring (bicyclic) bond motifs is 1. The quantitative estimate of drug-likeness (QED) is 0.868. The molecule has 6 heteroatoms. The van der Waals surface area contributed by atoms with Crippen LogP contribution in [0.5, 0.6) is 5.75 Å². The van der Waals surface area contributed by atoms with E-state index in [2.05, 4.69) is 10.6 Å². The van der Waals surface area contributed by atoms with Crippen LogP contribution in [0.15, 0.2) is 42.5 Å². The van der Waals surface area contributed by atoms with Gasteiger partial charge in [0.1, 0.15) is 5.75 Å². The summed E-state index contributed by atoms with van der Waals surface area (Å²) in [5, 5.41) is 5.71. The number of hydrogen-bond donors (Lipinski definition) is 2. The lowest BCUT2D eigenvalue weighted by atomic mass is 10.0. The Labute approximate surface area is 153 Å². The zero-order valence-corrected chi connectivity index (χ0v) is 15.0. The van der Waals surface area contributed by atoms with E-state index >= 15 is 0 Å². The lowest BCUT2D eigenvalue weighted by molar-refractivity contribution is -0.118. The molecular weight excluding hydrogens is 330 g/mol. The van der Waals surface area contributed by atoms with Gasteiger partial charge in [-0.05, 0) is 54.3 Å². The van der Waals surface area contributed by atoms with Gasteiger partial charge in [-0.1, -0.05) is 12.1 Å². The van der Waals surface area contributed by atoms with Gasteiger partial charge in [-0.25, -0.2) is 4.79 Å². The minimum Gasteiger partial charge on any atom is -0.497 e. The van der Waals surface area contributed by atoms with Crippen LogP contribution in [0.1, 0.15) is 17.5 Å². The van der Waals surface area contributed by atoms with E-state index in [0.29, 0.717) is 19.4 Å². The molecule has 0 radical (unpaired) electrons. The summed E-state index contributed by atoms with van der Waals surface area (Å²) in [5.74, 6) is 0.939. The van der Waals surface area contributed by atoms with Crippen molar-refractivity contribution in [1.29, 1.82) is 0 Å². The number of nitrogens with one attached hydrogen (secondary N) is 2. The van der Waals surface area contributed by atoms with Crippen LogP contribution in [0.3, 0.4) is 0 Å². The Kier molecular flexibility index (Phi) is 5.41. The third-order valence-corrected chi connectivity index (χ3v) is 4.54. The number of hydrogen-bond acceptors (Lipinski definition) is 3. The number of anilines is 2. The normalized spacial score (nSPS) is 13.2. The summed E-state index contributed by atoms with van der Waals surface area (Å²) >= 11 is 0. The maximum atomic E-state index is 12.1. The second-order valence-electron chi connectivity index (χ2n) is 6.28. The van der Waals surface area contributed by atoms with Crippen molar-refractivity contribution in [1.82, 2.24) is 5.32 Å². The molecule has 0 saturated heterocycles. The zero-order valence-electron chi connectivity index (χ0n) is 15.0. The monoisotopic (exact) mass is 353 g/mol. The van der Waals surface area contributed by atoms with Crippen LogP contribution < -0.4 is 20.3 Å². The van der Waals surface area contributed by atoms with Crippen LogP contribution in [0.2, 0.25) is 0 Å². The molecule has 136 valence electrons. The topological polar surface area (TPSA) is 70.7 Å². The molecule has 2 N–H and O–H groups in total. The highest BCUT2D eigenvalue weighted by Crippen LogP contribution is 2.29. The summed E-state index contributed by atoms with van der Waals surface area (Å²) in [7, 11) is 3.41. The van der Waals surface area contributed by atoms with Gasteiger partial charge in [-0.3, -0.25) is 4.79 Å².